The standard InChI is InChI=1S/Ba.Ca.2ClH.Sr/h;;2*1H;/q2*+2;;;+2/p-2. The summed E-state index contributed by atoms with van der Waals surface area (Å²) in [7, 11) is 0. The van der Waals surface area contributed by atoms with Crippen LogP contribution in [-0.4, -0.2) is 132 Å². The molecule has 0 atom stereocenters. The second-order valence-electron chi connectivity index (χ2n) is 0. The minimum Gasteiger partial charge on any atom is -1.00 e. The van der Waals surface area contributed by atoms with Crippen molar-refractivity contribution in [3.63, 3.8) is 0 Å². The Hall–Kier alpha value is 4.89. The fourth-order valence-corrected chi connectivity index (χ4v) is 0. The summed E-state index contributed by atoms with van der Waals surface area (Å²) >= 11 is 0. The average molecular weight is 336 g/mol. The molecule has 16 valence electrons. The Morgan fingerprint density at radius 1 is 0.800 bits per heavy atom. The molecule has 0 spiro atoms. The van der Waals surface area contributed by atoms with Crippen molar-refractivity contribution in [3.05, 3.63) is 0 Å². The van der Waals surface area contributed by atoms with Gasteiger partial charge in [0.1, 0.15) is 0 Å². The van der Waals surface area contributed by atoms with E-state index in [-0.39, 0.29) is 157 Å². The van der Waals surface area contributed by atoms with Gasteiger partial charge in [0.05, 0.1) is 0 Å². The summed E-state index contributed by atoms with van der Waals surface area (Å²) in [6.45, 7) is 0. The molecule has 0 unspecified atom stereocenters. The van der Waals surface area contributed by atoms with Gasteiger partial charge in [0.15, 0.2) is 0 Å². The van der Waals surface area contributed by atoms with E-state index in [1.165, 1.54) is 0 Å². The number of halogens is 2. The first-order valence-corrected chi connectivity index (χ1v) is 0. The monoisotopic (exact) mass is 336 g/mol. The molecular formula is BaCaCl2Sr+4. The molecule has 5 heteroatoms. The van der Waals surface area contributed by atoms with Crippen LogP contribution in [0.25, 0.3) is 0 Å². The predicted molar refractivity (Wildman–Crippen MR) is 17.3 cm³/mol. The molecule has 0 aromatic heterocycles. The SMILES string of the molecule is [Ba+2].[Ca+2].[Cl-].[Cl-].[Sr+2]. The van der Waals surface area contributed by atoms with E-state index in [0.29, 0.717) is 0 Å². The maximum absolute atomic E-state index is 0. The zero-order chi connectivity index (χ0) is 0. The number of hydrogen-bond donors (Lipinski definition) is 0. The van der Waals surface area contributed by atoms with Gasteiger partial charge in [-0.1, -0.05) is 0 Å². The van der Waals surface area contributed by atoms with Gasteiger partial charge in [0, 0.05) is 0 Å². The summed E-state index contributed by atoms with van der Waals surface area (Å²) in [5.41, 5.74) is 0. The minimum absolute atomic E-state index is 0. The molecule has 0 aliphatic heterocycles. The molecule has 0 N–H and O–H groups in total. The van der Waals surface area contributed by atoms with Crippen LogP contribution >= 0.6 is 0 Å². The molecule has 0 fully saturated rings. The Labute approximate surface area is 152 Å². The Bertz CT molecular complexity index is 9.61. The zero-order valence-corrected chi connectivity index (χ0v) is 14.5. The Morgan fingerprint density at radius 2 is 0.800 bits per heavy atom. The van der Waals surface area contributed by atoms with Gasteiger partial charge < -0.3 is 24.8 Å². The Balaban J connectivity index is 0. The topological polar surface area (TPSA) is 0 Å². The van der Waals surface area contributed by atoms with Crippen LogP contribution in [-0.2, 0) is 0 Å². The van der Waals surface area contributed by atoms with Crippen LogP contribution in [0, 0.1) is 0 Å². The summed E-state index contributed by atoms with van der Waals surface area (Å²) in [4.78, 5) is 0. The summed E-state index contributed by atoms with van der Waals surface area (Å²) in [6, 6.07) is 0. The minimum atomic E-state index is 0. The molecule has 0 bridgehead atoms. The van der Waals surface area contributed by atoms with Gasteiger partial charge in [0.2, 0.25) is 0 Å². The number of hydrogen-bond acceptors (Lipinski definition) is 0. The van der Waals surface area contributed by atoms with Gasteiger partial charge in [-0.25, -0.2) is 0 Å². The molecule has 0 aromatic rings. The van der Waals surface area contributed by atoms with Gasteiger partial charge >= 0.3 is 132 Å². The van der Waals surface area contributed by atoms with Gasteiger partial charge in [-0.15, -0.1) is 0 Å². The summed E-state index contributed by atoms with van der Waals surface area (Å²) in [6.07, 6.45) is 0. The van der Waals surface area contributed by atoms with Gasteiger partial charge in [-0.3, -0.25) is 0 Å². The molecule has 0 aliphatic carbocycles. The third-order valence-corrected chi connectivity index (χ3v) is 0. The van der Waals surface area contributed by atoms with E-state index in [2.05, 4.69) is 0 Å². The van der Waals surface area contributed by atoms with E-state index < -0.39 is 0 Å². The fourth-order valence-electron chi connectivity index (χ4n) is 0. The van der Waals surface area contributed by atoms with Crippen molar-refractivity contribution in [1.82, 2.24) is 0 Å². The van der Waals surface area contributed by atoms with Gasteiger partial charge in [0.25, 0.3) is 0 Å². The van der Waals surface area contributed by atoms with Crippen LogP contribution in [0.4, 0.5) is 0 Å². The van der Waals surface area contributed by atoms with Crippen molar-refractivity contribution in [1.29, 1.82) is 0 Å². The number of rotatable bonds is 0. The van der Waals surface area contributed by atoms with Crippen LogP contribution < -0.4 is 24.8 Å². The van der Waals surface area contributed by atoms with E-state index in [0.717, 1.165) is 0 Å². The van der Waals surface area contributed by atoms with Crippen LogP contribution in [0.5, 0.6) is 0 Å². The van der Waals surface area contributed by atoms with Crippen LogP contribution in [0.3, 0.4) is 0 Å². The second-order valence-corrected chi connectivity index (χ2v) is 0. The molecule has 0 aliphatic rings. The largest absolute Gasteiger partial charge is 2.00 e. The van der Waals surface area contributed by atoms with Crippen LogP contribution in [0.15, 0.2) is 0 Å². The van der Waals surface area contributed by atoms with E-state index in [1.807, 2.05) is 0 Å². The molecule has 0 heterocycles. The van der Waals surface area contributed by atoms with E-state index in [9.17, 15) is 0 Å². The van der Waals surface area contributed by atoms with Crippen molar-refractivity contribution in [3.8, 4) is 0 Å². The third-order valence-electron chi connectivity index (χ3n) is 0. The van der Waals surface area contributed by atoms with Crippen molar-refractivity contribution in [2.24, 2.45) is 0 Å². The van der Waals surface area contributed by atoms with Crippen molar-refractivity contribution in [2.75, 3.05) is 0 Å². The van der Waals surface area contributed by atoms with Crippen LogP contribution in [0.1, 0.15) is 0 Å². The van der Waals surface area contributed by atoms with Gasteiger partial charge in [-0.2, -0.15) is 0 Å². The first-order chi connectivity index (χ1) is 0. The summed E-state index contributed by atoms with van der Waals surface area (Å²) < 4.78 is 0. The quantitative estimate of drug-likeness (QED) is 0.386. The maximum atomic E-state index is 0. The molecule has 5 heavy (non-hydrogen) atoms. The molecule has 0 saturated heterocycles. The Kier molecular flexibility index (Phi) is 151. The Morgan fingerprint density at radius 3 is 0.800 bits per heavy atom. The summed E-state index contributed by atoms with van der Waals surface area (Å²) in [5, 5.41) is 0. The molecule has 0 saturated carbocycles. The second kappa shape index (κ2) is 23.1. The normalized spacial score (nSPS) is 0. The first kappa shape index (κ1) is 32.7. The van der Waals surface area contributed by atoms with Crippen LogP contribution in [0.2, 0.25) is 0 Å². The first-order valence-electron chi connectivity index (χ1n) is 0. The molecule has 0 aromatic carbocycles. The van der Waals surface area contributed by atoms with Crippen molar-refractivity contribution < 1.29 is 24.8 Å². The van der Waals surface area contributed by atoms with Gasteiger partial charge in [-0.05, 0) is 0 Å². The maximum Gasteiger partial charge on any atom is 2.00 e. The van der Waals surface area contributed by atoms with E-state index in [4.69, 9.17) is 0 Å². The molecule has 0 amide bonds. The molecule has 0 radical (unpaired) electrons. The predicted octanol–water partition coefficient (Wildman–Crippen LogP) is -7.13. The van der Waals surface area contributed by atoms with Crippen molar-refractivity contribution in [2.45, 2.75) is 0 Å². The molecule has 0 rings (SSSR count). The molecular weight excluding hydrogens is 336 g/mol. The smallest absolute Gasteiger partial charge is 1.00 e. The summed E-state index contributed by atoms with van der Waals surface area (Å²) in [5.74, 6) is 0. The van der Waals surface area contributed by atoms with E-state index in [1.54, 1.807) is 0 Å². The fraction of sp³-hybridized carbons (Fsp3) is 0. The zero-order valence-electron chi connectivity index (χ0n) is 2.88. The van der Waals surface area contributed by atoms with E-state index >= 15 is 0 Å². The average Bonchev–Trinajstić information content (AvgIpc) is 0. The molecule has 0 nitrogen and oxygen atoms in total. The third kappa shape index (κ3) is 17.6. The van der Waals surface area contributed by atoms with Crippen molar-refractivity contribution >= 4 is 132 Å².